The number of methoxy groups -OCH3 is 1. The minimum absolute atomic E-state index is 0.112. The van der Waals surface area contributed by atoms with Gasteiger partial charge < -0.3 is 13.9 Å². The fourth-order valence-electron chi connectivity index (χ4n) is 4.67. The minimum atomic E-state index is -1.86. The van der Waals surface area contributed by atoms with Crippen LogP contribution in [0.2, 0.25) is 18.1 Å². The lowest BCUT2D eigenvalue weighted by Crippen LogP contribution is -2.54. The summed E-state index contributed by atoms with van der Waals surface area (Å²) in [4.78, 5) is 12.3. The summed E-state index contributed by atoms with van der Waals surface area (Å²) in [5.41, 5.74) is 0.976. The summed E-state index contributed by atoms with van der Waals surface area (Å²) in [6.45, 7) is 21.0. The van der Waals surface area contributed by atoms with Crippen LogP contribution in [0.1, 0.15) is 61.3 Å². The molecule has 1 heterocycles. The Morgan fingerprint density at radius 2 is 1.93 bits per heavy atom. The van der Waals surface area contributed by atoms with Crippen LogP contribution in [0.4, 0.5) is 0 Å². The first-order valence-corrected chi connectivity index (χ1v) is 13.2. The Morgan fingerprint density at radius 3 is 2.44 bits per heavy atom. The second-order valence-corrected chi connectivity index (χ2v) is 15.7. The zero-order valence-corrected chi connectivity index (χ0v) is 20.1. The van der Waals surface area contributed by atoms with Gasteiger partial charge in [0.15, 0.2) is 8.32 Å². The molecular weight excluding hydrogens is 356 g/mol. The zero-order chi connectivity index (χ0) is 20.8. The summed E-state index contributed by atoms with van der Waals surface area (Å²) in [7, 11) is -0.402. The molecule has 0 amide bonds. The van der Waals surface area contributed by atoms with Gasteiger partial charge in [0.05, 0.1) is 19.3 Å². The molecule has 0 radical (unpaired) electrons. The second-order valence-electron chi connectivity index (χ2n) is 10.9. The highest BCUT2D eigenvalue weighted by molar-refractivity contribution is 6.74. The van der Waals surface area contributed by atoms with Crippen molar-refractivity contribution in [1.82, 2.24) is 0 Å². The van der Waals surface area contributed by atoms with E-state index in [1.165, 1.54) is 7.11 Å². The van der Waals surface area contributed by atoms with Crippen LogP contribution >= 0.6 is 0 Å². The number of carbonyl (C=O) groups is 1. The van der Waals surface area contributed by atoms with E-state index in [-0.39, 0.29) is 33.9 Å². The van der Waals surface area contributed by atoms with Gasteiger partial charge in [0.2, 0.25) is 0 Å². The molecule has 0 aromatic heterocycles. The van der Waals surface area contributed by atoms with Crippen LogP contribution < -0.4 is 0 Å². The topological polar surface area (TPSA) is 44.8 Å². The van der Waals surface area contributed by atoms with Crippen molar-refractivity contribution in [3.05, 3.63) is 11.8 Å². The minimum Gasteiger partial charge on any atom is -0.497 e. The van der Waals surface area contributed by atoms with Gasteiger partial charge in [-0.25, -0.2) is 0 Å². The van der Waals surface area contributed by atoms with Crippen LogP contribution in [0.25, 0.3) is 0 Å². The van der Waals surface area contributed by atoms with Gasteiger partial charge in [0, 0.05) is 12.0 Å². The van der Waals surface area contributed by atoms with Crippen LogP contribution in [-0.4, -0.2) is 34.1 Å². The Kier molecular flexibility index (Phi) is 6.01. The number of fused-ring (bicyclic) bond motifs is 1. The van der Waals surface area contributed by atoms with Gasteiger partial charge in [-0.3, -0.25) is 4.79 Å². The smallest absolute Gasteiger partial charge is 0.312 e. The van der Waals surface area contributed by atoms with Gasteiger partial charge >= 0.3 is 5.97 Å². The van der Waals surface area contributed by atoms with Crippen molar-refractivity contribution in [2.75, 3.05) is 13.7 Å². The SMILES string of the molecule is COC(=O)[C@@H](C)C1=CO[C@H]2CCC(C)(C)[C@@H](CO[Si](C)(C)C(C)(C)C)[C@@]12C. The highest BCUT2D eigenvalue weighted by atomic mass is 28.4. The molecule has 0 N–H and O–H groups in total. The predicted octanol–water partition coefficient (Wildman–Crippen LogP) is 5.54. The maximum atomic E-state index is 12.3. The molecule has 4 nitrogen and oxygen atoms in total. The number of carbonyl (C=O) groups excluding carboxylic acids is 1. The molecule has 156 valence electrons. The molecule has 0 saturated heterocycles. The number of esters is 1. The summed E-state index contributed by atoms with van der Waals surface area (Å²) in [5, 5.41) is 0.177. The third kappa shape index (κ3) is 3.87. The van der Waals surface area contributed by atoms with E-state index in [0.717, 1.165) is 18.4 Å². The maximum Gasteiger partial charge on any atom is 0.312 e. The summed E-state index contributed by atoms with van der Waals surface area (Å²) in [6.07, 6.45) is 4.06. The summed E-state index contributed by atoms with van der Waals surface area (Å²) in [5.74, 6) is -0.202. The van der Waals surface area contributed by atoms with Crippen molar-refractivity contribution in [3.8, 4) is 0 Å². The monoisotopic (exact) mass is 396 g/mol. The van der Waals surface area contributed by atoms with Crippen molar-refractivity contribution in [2.24, 2.45) is 22.7 Å². The van der Waals surface area contributed by atoms with E-state index in [0.29, 0.717) is 12.5 Å². The first-order chi connectivity index (χ1) is 12.2. The molecule has 2 rings (SSSR count). The number of rotatable bonds is 5. The lowest BCUT2D eigenvalue weighted by atomic mass is 9.52. The van der Waals surface area contributed by atoms with Gasteiger partial charge in [-0.05, 0) is 54.8 Å². The number of hydrogen-bond donors (Lipinski definition) is 0. The fraction of sp³-hybridized carbons (Fsp3) is 0.864. The van der Waals surface area contributed by atoms with E-state index >= 15 is 0 Å². The van der Waals surface area contributed by atoms with E-state index in [4.69, 9.17) is 13.9 Å². The Balaban J connectivity index is 2.36. The molecule has 1 aliphatic carbocycles. The summed E-state index contributed by atoms with van der Waals surface area (Å²) >= 11 is 0. The standard InChI is InChI=1S/C22H40O4Si/c1-15(19(23)24-8)16-13-25-18-11-12-21(5,6)17(22(16,18)7)14-26-27(9,10)20(2,3)4/h13,15,17-18H,11-12,14H2,1-10H3/t15-,17+,18-,22+/m0/s1. The van der Waals surface area contributed by atoms with Crippen LogP contribution in [0.15, 0.2) is 11.8 Å². The molecule has 27 heavy (non-hydrogen) atoms. The van der Waals surface area contributed by atoms with Crippen LogP contribution in [0, 0.1) is 22.7 Å². The Hall–Kier alpha value is -0.813. The molecule has 2 aliphatic rings. The van der Waals surface area contributed by atoms with Crippen LogP contribution in [0.5, 0.6) is 0 Å². The normalized spacial score (nSPS) is 31.6. The Morgan fingerprint density at radius 1 is 1.33 bits per heavy atom. The zero-order valence-electron chi connectivity index (χ0n) is 19.1. The van der Waals surface area contributed by atoms with Crippen molar-refractivity contribution in [3.63, 3.8) is 0 Å². The summed E-state index contributed by atoms with van der Waals surface area (Å²) < 4.78 is 17.8. The third-order valence-corrected chi connectivity index (χ3v) is 12.3. The predicted molar refractivity (Wildman–Crippen MR) is 112 cm³/mol. The lowest BCUT2D eigenvalue weighted by molar-refractivity contribution is -0.145. The number of hydrogen-bond acceptors (Lipinski definition) is 4. The van der Waals surface area contributed by atoms with E-state index in [1.807, 2.05) is 13.2 Å². The highest BCUT2D eigenvalue weighted by Crippen LogP contribution is 2.59. The van der Waals surface area contributed by atoms with Gasteiger partial charge in [-0.15, -0.1) is 0 Å². The maximum absolute atomic E-state index is 12.3. The van der Waals surface area contributed by atoms with Crippen molar-refractivity contribution >= 4 is 14.3 Å². The van der Waals surface area contributed by atoms with E-state index in [2.05, 4.69) is 54.6 Å². The largest absolute Gasteiger partial charge is 0.497 e. The molecular formula is C22H40O4Si. The van der Waals surface area contributed by atoms with E-state index in [1.54, 1.807) is 0 Å². The van der Waals surface area contributed by atoms with Crippen molar-refractivity contribution in [1.29, 1.82) is 0 Å². The Bertz CT molecular complexity index is 602. The van der Waals surface area contributed by atoms with Crippen LogP contribution in [-0.2, 0) is 18.7 Å². The molecule has 5 heteroatoms. The molecule has 0 bridgehead atoms. The summed E-state index contributed by atoms with van der Waals surface area (Å²) in [6, 6.07) is 0. The number of ether oxygens (including phenoxy) is 2. The highest BCUT2D eigenvalue weighted by Gasteiger charge is 2.59. The lowest BCUT2D eigenvalue weighted by Gasteiger charge is -2.53. The average molecular weight is 397 g/mol. The second kappa shape index (κ2) is 7.22. The Labute approximate surface area is 167 Å². The average Bonchev–Trinajstić information content (AvgIpc) is 2.87. The van der Waals surface area contributed by atoms with Gasteiger partial charge in [0.1, 0.15) is 6.10 Å². The van der Waals surface area contributed by atoms with E-state index in [9.17, 15) is 4.79 Å². The van der Waals surface area contributed by atoms with Crippen molar-refractivity contribution in [2.45, 2.75) is 85.5 Å². The molecule has 1 aliphatic heterocycles. The first kappa shape index (κ1) is 22.5. The molecule has 0 aromatic rings. The van der Waals surface area contributed by atoms with Gasteiger partial charge in [-0.1, -0.05) is 41.5 Å². The first-order valence-electron chi connectivity index (χ1n) is 10.3. The molecule has 0 unspecified atom stereocenters. The van der Waals surface area contributed by atoms with Gasteiger partial charge in [0.25, 0.3) is 0 Å². The third-order valence-electron chi connectivity index (χ3n) is 7.81. The molecule has 0 aromatic carbocycles. The van der Waals surface area contributed by atoms with Crippen LogP contribution in [0.3, 0.4) is 0 Å². The molecule has 0 spiro atoms. The fourth-order valence-corrected chi connectivity index (χ4v) is 5.69. The quantitative estimate of drug-likeness (QED) is 0.452. The molecule has 1 saturated carbocycles. The molecule has 4 atom stereocenters. The van der Waals surface area contributed by atoms with Crippen molar-refractivity contribution < 1.29 is 18.7 Å². The molecule has 1 fully saturated rings. The van der Waals surface area contributed by atoms with Gasteiger partial charge in [-0.2, -0.15) is 0 Å². The van der Waals surface area contributed by atoms with E-state index < -0.39 is 8.32 Å².